The number of rotatable bonds is 16. The molecule has 7 nitrogen and oxygen atoms in total. The molecule has 220 valence electrons. The lowest BCUT2D eigenvalue weighted by atomic mass is 9.90. The Morgan fingerprint density at radius 2 is 2.10 bits per heavy atom. The van der Waals surface area contributed by atoms with E-state index in [-0.39, 0.29) is 36.4 Å². The first-order chi connectivity index (χ1) is 18.9. The second-order valence-electron chi connectivity index (χ2n) is 10.7. The van der Waals surface area contributed by atoms with Crippen molar-refractivity contribution in [3.05, 3.63) is 23.2 Å². The monoisotopic (exact) mass is 581 g/mol. The van der Waals surface area contributed by atoms with Crippen LogP contribution in [-0.4, -0.2) is 54.4 Å². The summed E-state index contributed by atoms with van der Waals surface area (Å²) >= 11 is 3.11. The number of thiazole rings is 1. The zero-order chi connectivity index (χ0) is 28.0. The van der Waals surface area contributed by atoms with E-state index in [1.807, 2.05) is 0 Å². The minimum atomic E-state index is -0.379. The fourth-order valence-corrected chi connectivity index (χ4v) is 7.40. The molecule has 0 spiro atoms. The van der Waals surface area contributed by atoms with Gasteiger partial charge in [-0.25, -0.2) is 9.78 Å². The van der Waals surface area contributed by atoms with Gasteiger partial charge in [-0.1, -0.05) is 57.0 Å². The number of esters is 2. The van der Waals surface area contributed by atoms with Gasteiger partial charge in [0.2, 0.25) is 0 Å². The zero-order valence-electron chi connectivity index (χ0n) is 24.1. The Hall–Kier alpha value is -1.42. The third-order valence-electron chi connectivity index (χ3n) is 7.50. The number of aromatic nitrogens is 1. The first-order valence-electron chi connectivity index (χ1n) is 14.8. The second kappa shape index (κ2) is 17.4. The highest BCUT2D eigenvalue weighted by atomic mass is 32.2. The molecule has 0 radical (unpaired) electrons. The summed E-state index contributed by atoms with van der Waals surface area (Å²) < 4.78 is 24.0. The molecular weight excluding hydrogens is 534 g/mol. The first kappa shape index (κ1) is 32.1. The number of carbonyl (C=O) groups is 2. The molecule has 2 heterocycles. The summed E-state index contributed by atoms with van der Waals surface area (Å²) in [5.41, 5.74) is 0.366. The Labute approximate surface area is 242 Å². The van der Waals surface area contributed by atoms with E-state index in [9.17, 15) is 9.59 Å². The van der Waals surface area contributed by atoms with Crippen molar-refractivity contribution in [1.29, 1.82) is 0 Å². The van der Waals surface area contributed by atoms with Gasteiger partial charge >= 0.3 is 11.9 Å². The second-order valence-corrected chi connectivity index (χ2v) is 12.9. The van der Waals surface area contributed by atoms with Crippen LogP contribution in [-0.2, 0) is 23.7 Å². The quantitative estimate of drug-likeness (QED) is 0.113. The van der Waals surface area contributed by atoms with Gasteiger partial charge in [0.1, 0.15) is 6.10 Å². The number of hydrogen-bond acceptors (Lipinski definition) is 9. The van der Waals surface area contributed by atoms with Gasteiger partial charge < -0.3 is 18.9 Å². The number of carbonyl (C=O) groups excluding carboxylic acids is 2. The van der Waals surface area contributed by atoms with Gasteiger partial charge in [0.15, 0.2) is 16.3 Å². The van der Waals surface area contributed by atoms with Gasteiger partial charge in [-0.05, 0) is 63.7 Å². The molecule has 1 unspecified atom stereocenters. The molecule has 2 fully saturated rings. The maximum absolute atomic E-state index is 11.9. The molecule has 0 bridgehead atoms. The number of thioether (sulfide) groups is 1. The normalized spacial score (nSPS) is 25.0. The van der Waals surface area contributed by atoms with Crippen LogP contribution in [0.2, 0.25) is 0 Å². The van der Waals surface area contributed by atoms with Gasteiger partial charge in [-0.15, -0.1) is 11.3 Å². The van der Waals surface area contributed by atoms with Crippen LogP contribution in [0.5, 0.6) is 0 Å². The third-order valence-corrected chi connectivity index (χ3v) is 9.55. The number of allylic oxidation sites excluding steroid dienone is 1. The molecular formula is C30H47NO6S2. The van der Waals surface area contributed by atoms with E-state index in [1.165, 1.54) is 37.5 Å². The van der Waals surface area contributed by atoms with E-state index in [0.29, 0.717) is 24.1 Å². The van der Waals surface area contributed by atoms with Crippen LogP contribution >= 0.6 is 23.1 Å². The van der Waals surface area contributed by atoms with Gasteiger partial charge in [0, 0.05) is 30.6 Å². The van der Waals surface area contributed by atoms with Crippen LogP contribution in [0, 0.1) is 17.8 Å². The zero-order valence-corrected chi connectivity index (χ0v) is 25.7. The maximum Gasteiger partial charge on any atom is 0.357 e. The van der Waals surface area contributed by atoms with Gasteiger partial charge in [-0.3, -0.25) is 4.79 Å². The summed E-state index contributed by atoms with van der Waals surface area (Å²) in [6.45, 7) is 8.95. The van der Waals surface area contributed by atoms with Crippen molar-refractivity contribution in [3.63, 3.8) is 0 Å². The highest BCUT2D eigenvalue weighted by Crippen LogP contribution is 2.39. The number of unbranched alkanes of at least 4 members (excludes halogenated alkanes) is 1. The fraction of sp³-hybridized carbons (Fsp3) is 0.767. The van der Waals surface area contributed by atoms with Crippen LogP contribution in [0.1, 0.15) is 102 Å². The third kappa shape index (κ3) is 11.2. The molecule has 1 aliphatic heterocycles. The molecule has 1 saturated heterocycles. The highest BCUT2D eigenvalue weighted by molar-refractivity contribution is 8.01. The number of nitrogens with zero attached hydrogens (tertiary/aromatic N) is 1. The smallest absolute Gasteiger partial charge is 0.357 e. The Balaban J connectivity index is 1.63. The van der Waals surface area contributed by atoms with E-state index >= 15 is 0 Å². The molecule has 6 atom stereocenters. The Morgan fingerprint density at radius 3 is 2.82 bits per heavy atom. The molecule has 1 aliphatic carbocycles. The van der Waals surface area contributed by atoms with Crippen LogP contribution in [0.25, 0.3) is 0 Å². The summed E-state index contributed by atoms with van der Waals surface area (Å²) in [6.07, 6.45) is 15.0. The molecule has 2 aliphatic rings. The largest absolute Gasteiger partial charge is 0.462 e. The molecule has 1 aromatic heterocycles. The standard InChI is InChI=1S/C30H47NO6S2/c1-5-7-10-21(3)19-24(37-28-11-8-9-17-35-28)14-12-23-13-15-27(36-22(4)32)25(23)16-18-38-30-31-26(20-39-30)29(33)34-6-2/h12,14,20-21,23-25,27-28H,5-11,13,15-19H2,1-4H3/t21-,23-,24+,25+,27-,28?/m0/s1. The summed E-state index contributed by atoms with van der Waals surface area (Å²) in [4.78, 5) is 28.2. The maximum atomic E-state index is 11.9. The van der Waals surface area contributed by atoms with Crippen molar-refractivity contribution < 1.29 is 28.5 Å². The minimum Gasteiger partial charge on any atom is -0.462 e. The molecule has 9 heteroatoms. The highest BCUT2D eigenvalue weighted by Gasteiger charge is 2.36. The van der Waals surface area contributed by atoms with E-state index in [1.54, 1.807) is 24.1 Å². The van der Waals surface area contributed by atoms with Crippen molar-refractivity contribution in [1.82, 2.24) is 4.98 Å². The Morgan fingerprint density at radius 1 is 1.26 bits per heavy atom. The van der Waals surface area contributed by atoms with Crippen molar-refractivity contribution >= 4 is 35.0 Å². The van der Waals surface area contributed by atoms with Crippen LogP contribution in [0.15, 0.2) is 21.9 Å². The molecule has 0 amide bonds. The Bertz CT molecular complexity index is 900. The average Bonchev–Trinajstić information content (AvgIpc) is 3.54. The number of ether oxygens (including phenoxy) is 4. The van der Waals surface area contributed by atoms with E-state index in [2.05, 4.69) is 31.0 Å². The molecule has 1 saturated carbocycles. The average molecular weight is 582 g/mol. The predicted octanol–water partition coefficient (Wildman–Crippen LogP) is 7.44. The van der Waals surface area contributed by atoms with Crippen LogP contribution in [0.4, 0.5) is 0 Å². The molecule has 0 aromatic carbocycles. The molecule has 0 N–H and O–H groups in total. The molecule has 1 aromatic rings. The fourth-order valence-electron chi connectivity index (χ4n) is 5.49. The Kier molecular flexibility index (Phi) is 14.3. The van der Waals surface area contributed by atoms with Gasteiger partial charge in [0.05, 0.1) is 12.7 Å². The van der Waals surface area contributed by atoms with E-state index in [4.69, 9.17) is 18.9 Å². The van der Waals surface area contributed by atoms with Crippen molar-refractivity contribution in [2.24, 2.45) is 17.8 Å². The lowest BCUT2D eigenvalue weighted by molar-refractivity contribution is -0.181. The molecule has 39 heavy (non-hydrogen) atoms. The van der Waals surface area contributed by atoms with Crippen molar-refractivity contribution in [3.8, 4) is 0 Å². The van der Waals surface area contributed by atoms with E-state index < -0.39 is 0 Å². The van der Waals surface area contributed by atoms with Crippen molar-refractivity contribution in [2.45, 2.75) is 115 Å². The van der Waals surface area contributed by atoms with Crippen LogP contribution < -0.4 is 0 Å². The van der Waals surface area contributed by atoms with Gasteiger partial charge in [0.25, 0.3) is 0 Å². The topological polar surface area (TPSA) is 84.0 Å². The predicted molar refractivity (Wildman–Crippen MR) is 156 cm³/mol. The summed E-state index contributed by atoms with van der Waals surface area (Å²) in [6, 6.07) is 0. The first-order valence-corrected chi connectivity index (χ1v) is 16.6. The van der Waals surface area contributed by atoms with Gasteiger partial charge in [-0.2, -0.15) is 0 Å². The SMILES string of the molecule is CCCC[C@H](C)C[C@@H](C=C[C@H]1CC[C@H](OC(C)=O)[C@@H]1CCSc1nc(C(=O)OCC)cs1)OC1CCCCO1. The van der Waals surface area contributed by atoms with E-state index in [0.717, 1.165) is 61.6 Å². The summed E-state index contributed by atoms with van der Waals surface area (Å²) in [5.74, 6) is 1.40. The van der Waals surface area contributed by atoms with Crippen LogP contribution in [0.3, 0.4) is 0 Å². The summed E-state index contributed by atoms with van der Waals surface area (Å²) in [5, 5.41) is 1.75. The lowest BCUT2D eigenvalue weighted by Crippen LogP contribution is -2.28. The van der Waals surface area contributed by atoms with Crippen molar-refractivity contribution in [2.75, 3.05) is 19.0 Å². The summed E-state index contributed by atoms with van der Waals surface area (Å²) in [7, 11) is 0. The lowest BCUT2D eigenvalue weighted by Gasteiger charge is -2.28. The minimum absolute atomic E-state index is 0.0272. The number of hydrogen-bond donors (Lipinski definition) is 0. The molecule has 3 rings (SSSR count).